The van der Waals surface area contributed by atoms with E-state index >= 15 is 0 Å². The molecule has 0 aliphatic heterocycles. The van der Waals surface area contributed by atoms with Crippen molar-refractivity contribution in [2.45, 2.75) is 38.3 Å². The largest absolute Gasteiger partial charge is 0.310 e. The first-order chi connectivity index (χ1) is 14.7. The molecule has 4 aromatic rings. The number of para-hydroxylation sites is 1. The maximum absolute atomic E-state index is 13.5. The predicted octanol–water partition coefficient (Wildman–Crippen LogP) is 4.55. The Kier molecular flexibility index (Phi) is 4.93. The van der Waals surface area contributed by atoms with E-state index in [1.165, 1.54) is 25.0 Å². The molecule has 30 heavy (non-hydrogen) atoms. The van der Waals surface area contributed by atoms with Crippen molar-refractivity contribution in [2.75, 3.05) is 0 Å². The van der Waals surface area contributed by atoms with E-state index in [1.54, 1.807) is 16.8 Å². The van der Waals surface area contributed by atoms with E-state index in [0.29, 0.717) is 29.5 Å². The lowest BCUT2D eigenvalue weighted by Gasteiger charge is -2.11. The third-order valence-electron chi connectivity index (χ3n) is 5.82. The number of hydrogen-bond donors (Lipinski definition) is 2. The lowest BCUT2D eigenvalue weighted by atomic mass is 10.1. The number of benzene rings is 2. The molecular formula is C24H23FN4O. The summed E-state index contributed by atoms with van der Waals surface area (Å²) in [6, 6.07) is 18.4. The molecule has 1 aliphatic rings. The van der Waals surface area contributed by atoms with Crippen molar-refractivity contribution >= 4 is 11.0 Å². The average Bonchev–Trinajstić information content (AvgIpc) is 3.41. The van der Waals surface area contributed by atoms with Crippen LogP contribution in [0, 0.1) is 5.82 Å². The van der Waals surface area contributed by atoms with E-state index in [1.807, 2.05) is 36.4 Å². The summed E-state index contributed by atoms with van der Waals surface area (Å²) in [5.74, 6) is -0.291. The Hall–Kier alpha value is -3.25. The topological polar surface area (TPSA) is 62.7 Å². The van der Waals surface area contributed by atoms with Crippen molar-refractivity contribution in [1.29, 1.82) is 0 Å². The molecule has 0 atom stereocenters. The summed E-state index contributed by atoms with van der Waals surface area (Å²) in [6.45, 7) is 0.523. The molecule has 1 fully saturated rings. The fraction of sp³-hybridized carbons (Fsp3) is 0.250. The highest BCUT2D eigenvalue weighted by Gasteiger charge is 2.18. The fourth-order valence-corrected chi connectivity index (χ4v) is 4.21. The molecular weight excluding hydrogens is 379 g/mol. The van der Waals surface area contributed by atoms with Gasteiger partial charge in [0.25, 0.3) is 5.56 Å². The molecule has 0 spiro atoms. The van der Waals surface area contributed by atoms with Crippen LogP contribution < -0.4 is 10.9 Å². The number of aromatic nitrogens is 3. The molecule has 2 aromatic carbocycles. The van der Waals surface area contributed by atoms with E-state index in [-0.39, 0.29) is 11.4 Å². The van der Waals surface area contributed by atoms with Crippen molar-refractivity contribution in [1.82, 2.24) is 20.1 Å². The second-order valence-corrected chi connectivity index (χ2v) is 7.85. The van der Waals surface area contributed by atoms with Crippen LogP contribution >= 0.6 is 0 Å². The summed E-state index contributed by atoms with van der Waals surface area (Å²) >= 11 is 0. The molecule has 2 aromatic heterocycles. The summed E-state index contributed by atoms with van der Waals surface area (Å²) in [6.07, 6.45) is 4.80. The van der Waals surface area contributed by atoms with Gasteiger partial charge in [-0.15, -0.1) is 0 Å². The Balaban J connectivity index is 1.63. The second-order valence-electron chi connectivity index (χ2n) is 7.85. The van der Waals surface area contributed by atoms with Gasteiger partial charge in [-0.3, -0.25) is 4.79 Å². The second kappa shape index (κ2) is 7.88. The summed E-state index contributed by atoms with van der Waals surface area (Å²) in [5.41, 5.74) is 3.57. The van der Waals surface area contributed by atoms with Crippen LogP contribution in [0.5, 0.6) is 0 Å². The number of H-pyrrole nitrogens is 1. The van der Waals surface area contributed by atoms with Crippen LogP contribution in [0.2, 0.25) is 0 Å². The lowest BCUT2D eigenvalue weighted by molar-refractivity contribution is 0.522. The van der Waals surface area contributed by atoms with Gasteiger partial charge >= 0.3 is 0 Å². The molecule has 0 saturated heterocycles. The molecule has 0 radical (unpaired) electrons. The van der Waals surface area contributed by atoms with Gasteiger partial charge in [0.05, 0.1) is 5.69 Å². The zero-order valence-electron chi connectivity index (χ0n) is 16.6. The smallest absolute Gasteiger partial charge is 0.254 e. The zero-order valence-corrected chi connectivity index (χ0v) is 16.6. The number of fused-ring (bicyclic) bond motifs is 1. The predicted molar refractivity (Wildman–Crippen MR) is 116 cm³/mol. The van der Waals surface area contributed by atoms with Gasteiger partial charge < -0.3 is 10.3 Å². The Bertz CT molecular complexity index is 1220. The first-order valence-electron chi connectivity index (χ1n) is 10.4. The maximum atomic E-state index is 13.5. The van der Waals surface area contributed by atoms with Crippen LogP contribution in [0.4, 0.5) is 4.39 Å². The van der Waals surface area contributed by atoms with Crippen molar-refractivity contribution in [3.05, 3.63) is 82.4 Å². The van der Waals surface area contributed by atoms with Gasteiger partial charge in [-0.1, -0.05) is 31.0 Å². The Labute approximate surface area is 173 Å². The molecule has 5 nitrogen and oxygen atoms in total. The molecule has 0 unspecified atom stereocenters. The van der Waals surface area contributed by atoms with Crippen molar-refractivity contribution in [3.63, 3.8) is 0 Å². The Morgan fingerprint density at radius 2 is 1.80 bits per heavy atom. The average molecular weight is 402 g/mol. The third-order valence-corrected chi connectivity index (χ3v) is 5.82. The van der Waals surface area contributed by atoms with Crippen LogP contribution in [0.25, 0.3) is 28.0 Å². The van der Waals surface area contributed by atoms with Crippen molar-refractivity contribution < 1.29 is 4.39 Å². The summed E-state index contributed by atoms with van der Waals surface area (Å²) < 4.78 is 15.2. The van der Waals surface area contributed by atoms with E-state index < -0.39 is 0 Å². The van der Waals surface area contributed by atoms with Gasteiger partial charge in [-0.05, 0) is 55.3 Å². The van der Waals surface area contributed by atoms with Gasteiger partial charge in [0.1, 0.15) is 17.2 Å². The number of rotatable bonds is 5. The van der Waals surface area contributed by atoms with Crippen molar-refractivity contribution in [3.8, 4) is 16.9 Å². The van der Waals surface area contributed by atoms with Gasteiger partial charge in [-0.2, -0.15) is 5.10 Å². The molecule has 2 N–H and O–H groups in total. The van der Waals surface area contributed by atoms with E-state index in [2.05, 4.69) is 10.3 Å². The number of pyridine rings is 1. The lowest BCUT2D eigenvalue weighted by Crippen LogP contribution is -2.28. The Morgan fingerprint density at radius 3 is 2.53 bits per heavy atom. The quantitative estimate of drug-likeness (QED) is 0.515. The molecule has 5 rings (SSSR count). The van der Waals surface area contributed by atoms with Gasteiger partial charge in [0, 0.05) is 29.1 Å². The molecule has 1 aliphatic carbocycles. The van der Waals surface area contributed by atoms with Crippen LogP contribution in [0.15, 0.2) is 65.5 Å². The minimum absolute atomic E-state index is 0.115. The number of nitrogens with zero attached hydrogens (tertiary/aromatic N) is 2. The highest BCUT2D eigenvalue weighted by Crippen LogP contribution is 2.29. The maximum Gasteiger partial charge on any atom is 0.254 e. The minimum atomic E-state index is -0.291. The first kappa shape index (κ1) is 18.8. The standard InChI is InChI=1S/C24H23FN4O/c25-18-12-10-16(11-13-18)22-21-14-17(15-26-19-6-4-5-7-19)24(30)27-23(21)29(28-22)20-8-2-1-3-9-20/h1-3,8-14,19,26H,4-7,15H2,(H,27,30). The van der Waals surface area contributed by atoms with Crippen molar-refractivity contribution in [2.24, 2.45) is 0 Å². The summed E-state index contributed by atoms with van der Waals surface area (Å²) in [7, 11) is 0. The third kappa shape index (κ3) is 3.55. The molecule has 2 heterocycles. The number of aromatic amines is 1. The zero-order chi connectivity index (χ0) is 20.5. The first-order valence-corrected chi connectivity index (χ1v) is 10.4. The molecule has 1 saturated carbocycles. The van der Waals surface area contributed by atoms with Crippen LogP contribution in [0.3, 0.4) is 0 Å². The van der Waals surface area contributed by atoms with Gasteiger partial charge in [0.15, 0.2) is 0 Å². The Morgan fingerprint density at radius 1 is 1.07 bits per heavy atom. The van der Waals surface area contributed by atoms with Crippen LogP contribution in [-0.4, -0.2) is 20.8 Å². The summed E-state index contributed by atoms with van der Waals surface area (Å²) in [4.78, 5) is 15.9. The van der Waals surface area contributed by atoms with Gasteiger partial charge in [-0.25, -0.2) is 9.07 Å². The highest BCUT2D eigenvalue weighted by molar-refractivity contribution is 5.92. The summed E-state index contributed by atoms with van der Waals surface area (Å²) in [5, 5.41) is 9.14. The van der Waals surface area contributed by atoms with Gasteiger partial charge in [0.2, 0.25) is 0 Å². The molecule has 0 amide bonds. The number of hydrogen-bond acceptors (Lipinski definition) is 3. The van der Waals surface area contributed by atoms with Crippen LogP contribution in [-0.2, 0) is 6.54 Å². The van der Waals surface area contributed by atoms with E-state index in [4.69, 9.17) is 5.10 Å². The van der Waals surface area contributed by atoms with E-state index in [0.717, 1.165) is 29.5 Å². The minimum Gasteiger partial charge on any atom is -0.310 e. The number of halogens is 1. The van der Waals surface area contributed by atoms with Crippen LogP contribution in [0.1, 0.15) is 31.2 Å². The SMILES string of the molecule is O=c1[nH]c2c(cc1CNC1CCCC1)c(-c1ccc(F)cc1)nn2-c1ccccc1. The molecule has 0 bridgehead atoms. The molecule has 6 heteroatoms. The highest BCUT2D eigenvalue weighted by atomic mass is 19.1. The number of nitrogens with one attached hydrogen (secondary N) is 2. The van der Waals surface area contributed by atoms with E-state index in [9.17, 15) is 9.18 Å². The normalized spacial score (nSPS) is 14.6. The monoisotopic (exact) mass is 402 g/mol. The fourth-order valence-electron chi connectivity index (χ4n) is 4.21. The molecule has 152 valence electrons.